The molecule has 0 aromatic rings. The lowest BCUT2D eigenvalue weighted by molar-refractivity contribution is -0.131. The number of allylic oxidation sites excluding steroid dienone is 4. The van der Waals surface area contributed by atoms with E-state index in [2.05, 4.69) is 11.9 Å². The molecule has 6 heteroatoms. The maximum Gasteiger partial charge on any atom is 0.417 e. The van der Waals surface area contributed by atoms with Gasteiger partial charge in [0, 0.05) is 31.4 Å². The summed E-state index contributed by atoms with van der Waals surface area (Å²) in [5.74, 6) is 0.181. The topological polar surface area (TPSA) is 32.7 Å². The Morgan fingerprint density at radius 2 is 1.84 bits per heavy atom. The van der Waals surface area contributed by atoms with Gasteiger partial charge in [-0.15, -0.1) is 0 Å². The minimum Gasteiger partial charge on any atom is -0.343 e. The fourth-order valence-electron chi connectivity index (χ4n) is 2.74. The molecule has 0 spiro atoms. The molecular formula is C19H29F3N2O. The number of hydrogen-bond donors (Lipinski definition) is 0. The van der Waals surface area contributed by atoms with E-state index in [1.54, 1.807) is 0 Å². The van der Waals surface area contributed by atoms with Gasteiger partial charge in [0.15, 0.2) is 0 Å². The first kappa shape index (κ1) is 21.5. The summed E-state index contributed by atoms with van der Waals surface area (Å²) in [4.78, 5) is 17.7. The highest BCUT2D eigenvalue weighted by Gasteiger charge is 2.32. The lowest BCUT2D eigenvalue weighted by atomic mass is 10.1. The zero-order valence-electron chi connectivity index (χ0n) is 15.2. The van der Waals surface area contributed by atoms with Gasteiger partial charge >= 0.3 is 6.18 Å². The first-order valence-corrected chi connectivity index (χ1v) is 9.16. The summed E-state index contributed by atoms with van der Waals surface area (Å²) < 4.78 is 38.3. The predicted molar refractivity (Wildman–Crippen MR) is 95.6 cm³/mol. The van der Waals surface area contributed by atoms with Gasteiger partial charge in [-0.3, -0.25) is 9.79 Å². The number of amides is 1. The van der Waals surface area contributed by atoms with Crippen molar-refractivity contribution in [2.75, 3.05) is 13.1 Å². The van der Waals surface area contributed by atoms with Gasteiger partial charge in [0.1, 0.15) is 0 Å². The number of hydrogen-bond acceptors (Lipinski definition) is 2. The molecule has 0 unspecified atom stereocenters. The smallest absolute Gasteiger partial charge is 0.343 e. The SMILES string of the molecule is CCCN(CCCCCC1=C\CC\C=C(C(F)(F)F)/C=N/1)C(=O)CC. The van der Waals surface area contributed by atoms with E-state index in [9.17, 15) is 18.0 Å². The molecule has 0 aromatic heterocycles. The van der Waals surface area contributed by atoms with Crippen LogP contribution < -0.4 is 0 Å². The maximum absolute atomic E-state index is 12.8. The second-order valence-electron chi connectivity index (χ2n) is 6.23. The van der Waals surface area contributed by atoms with E-state index >= 15 is 0 Å². The Labute approximate surface area is 148 Å². The molecule has 0 atom stereocenters. The summed E-state index contributed by atoms with van der Waals surface area (Å²) >= 11 is 0. The maximum atomic E-state index is 12.8. The summed E-state index contributed by atoms with van der Waals surface area (Å²) in [6.45, 7) is 5.46. The Morgan fingerprint density at radius 3 is 2.48 bits per heavy atom. The standard InChI is InChI=1S/C19H29F3N2O/c1-3-13-24(18(25)4-2)14-9-5-6-11-17-12-8-7-10-16(15-23-17)19(20,21)22/h10,12,15H,3-9,11,13-14H2,1-2H3/b16-10+,17-12-,23-15+. The van der Waals surface area contributed by atoms with Gasteiger partial charge in [-0.05, 0) is 38.5 Å². The third-order valence-electron chi connectivity index (χ3n) is 4.12. The van der Waals surface area contributed by atoms with Crippen LogP contribution in [0.1, 0.15) is 65.2 Å². The molecule has 0 aliphatic carbocycles. The molecule has 1 aliphatic rings. The number of carbonyl (C=O) groups is 1. The molecule has 25 heavy (non-hydrogen) atoms. The number of alkyl halides is 3. The van der Waals surface area contributed by atoms with Gasteiger partial charge in [0.05, 0.1) is 5.57 Å². The highest BCUT2D eigenvalue weighted by Crippen LogP contribution is 2.26. The van der Waals surface area contributed by atoms with Crippen molar-refractivity contribution in [2.24, 2.45) is 4.99 Å². The van der Waals surface area contributed by atoms with E-state index < -0.39 is 11.7 Å². The highest BCUT2D eigenvalue weighted by atomic mass is 19.4. The van der Waals surface area contributed by atoms with Gasteiger partial charge in [-0.2, -0.15) is 13.2 Å². The minimum absolute atomic E-state index is 0.181. The van der Waals surface area contributed by atoms with Crippen LogP contribution in [0.15, 0.2) is 28.4 Å². The normalized spacial score (nSPS) is 20.7. The second kappa shape index (κ2) is 11.1. The van der Waals surface area contributed by atoms with Crippen molar-refractivity contribution in [1.82, 2.24) is 4.90 Å². The van der Waals surface area contributed by atoms with E-state index in [0.717, 1.165) is 50.7 Å². The first-order chi connectivity index (χ1) is 11.9. The molecule has 1 amide bonds. The van der Waals surface area contributed by atoms with Gasteiger partial charge in [0.25, 0.3) is 0 Å². The lowest BCUT2D eigenvalue weighted by Crippen LogP contribution is -2.32. The van der Waals surface area contributed by atoms with Crippen LogP contribution in [0.3, 0.4) is 0 Å². The molecular weight excluding hydrogens is 329 g/mol. The van der Waals surface area contributed by atoms with Crippen LogP contribution >= 0.6 is 0 Å². The first-order valence-electron chi connectivity index (χ1n) is 9.16. The van der Waals surface area contributed by atoms with Crippen LogP contribution in [-0.4, -0.2) is 36.3 Å². The average Bonchev–Trinajstić information content (AvgIpc) is 2.53. The monoisotopic (exact) mass is 358 g/mol. The molecule has 142 valence electrons. The summed E-state index contributed by atoms with van der Waals surface area (Å²) in [6.07, 6.45) is 5.56. The number of aliphatic imine (C=N–C) groups is 1. The van der Waals surface area contributed by atoms with Crippen LogP contribution in [0, 0.1) is 0 Å². The predicted octanol–water partition coefficient (Wildman–Crippen LogP) is 5.43. The van der Waals surface area contributed by atoms with Crippen molar-refractivity contribution < 1.29 is 18.0 Å². The van der Waals surface area contributed by atoms with Crippen molar-refractivity contribution in [1.29, 1.82) is 0 Å². The van der Waals surface area contributed by atoms with E-state index in [-0.39, 0.29) is 5.91 Å². The van der Waals surface area contributed by atoms with Crippen molar-refractivity contribution >= 4 is 12.1 Å². The molecule has 0 saturated heterocycles. The van der Waals surface area contributed by atoms with Crippen molar-refractivity contribution in [3.63, 3.8) is 0 Å². The summed E-state index contributed by atoms with van der Waals surface area (Å²) in [5, 5.41) is 0. The van der Waals surface area contributed by atoms with Gasteiger partial charge < -0.3 is 4.90 Å². The summed E-state index contributed by atoms with van der Waals surface area (Å²) in [5.41, 5.74) is 0.0660. The van der Waals surface area contributed by atoms with Crippen LogP contribution in [0.4, 0.5) is 13.2 Å². The van der Waals surface area contributed by atoms with Crippen LogP contribution in [-0.2, 0) is 4.79 Å². The summed E-state index contributed by atoms with van der Waals surface area (Å²) in [7, 11) is 0. The molecule has 1 heterocycles. The van der Waals surface area contributed by atoms with E-state index in [1.807, 2.05) is 17.9 Å². The fraction of sp³-hybridized carbons (Fsp3) is 0.684. The van der Waals surface area contributed by atoms with Gasteiger partial charge in [-0.1, -0.05) is 32.4 Å². The minimum atomic E-state index is -4.33. The molecule has 0 bridgehead atoms. The third kappa shape index (κ3) is 8.36. The molecule has 0 radical (unpaired) electrons. The Morgan fingerprint density at radius 1 is 1.12 bits per heavy atom. The zero-order valence-corrected chi connectivity index (χ0v) is 15.2. The zero-order chi connectivity index (χ0) is 18.7. The summed E-state index contributed by atoms with van der Waals surface area (Å²) in [6, 6.07) is 0. The molecule has 1 rings (SSSR count). The van der Waals surface area contributed by atoms with Gasteiger partial charge in [-0.25, -0.2) is 0 Å². The van der Waals surface area contributed by atoms with E-state index in [0.29, 0.717) is 25.7 Å². The Hall–Kier alpha value is -1.59. The Balaban J connectivity index is 2.38. The Bertz CT molecular complexity index is 507. The number of unbranched alkanes of at least 4 members (excludes halogenated alkanes) is 2. The van der Waals surface area contributed by atoms with Crippen LogP contribution in [0.25, 0.3) is 0 Å². The van der Waals surface area contributed by atoms with Gasteiger partial charge in [0.2, 0.25) is 5.91 Å². The average molecular weight is 358 g/mol. The van der Waals surface area contributed by atoms with Crippen molar-refractivity contribution in [2.45, 2.75) is 71.4 Å². The number of rotatable bonds is 9. The molecule has 0 saturated carbocycles. The number of nitrogens with zero attached hydrogens (tertiary/aromatic N) is 2. The molecule has 0 aromatic carbocycles. The molecule has 3 nitrogen and oxygen atoms in total. The second-order valence-corrected chi connectivity index (χ2v) is 6.23. The highest BCUT2D eigenvalue weighted by molar-refractivity contribution is 5.81. The van der Waals surface area contributed by atoms with Crippen molar-refractivity contribution in [3.8, 4) is 0 Å². The lowest BCUT2D eigenvalue weighted by Gasteiger charge is -2.21. The van der Waals surface area contributed by atoms with Crippen LogP contribution in [0.5, 0.6) is 0 Å². The third-order valence-corrected chi connectivity index (χ3v) is 4.12. The molecule has 0 fully saturated rings. The fourth-order valence-corrected chi connectivity index (χ4v) is 2.74. The van der Waals surface area contributed by atoms with E-state index in [4.69, 9.17) is 0 Å². The Kier molecular flexibility index (Phi) is 9.53. The number of halogens is 3. The number of carbonyl (C=O) groups excluding carboxylic acids is 1. The van der Waals surface area contributed by atoms with Crippen molar-refractivity contribution in [3.05, 3.63) is 23.4 Å². The molecule has 0 N–H and O–H groups in total. The van der Waals surface area contributed by atoms with Crippen LogP contribution in [0.2, 0.25) is 0 Å². The molecule has 1 aliphatic heterocycles. The quantitative estimate of drug-likeness (QED) is 0.506. The largest absolute Gasteiger partial charge is 0.417 e. The van der Waals surface area contributed by atoms with E-state index in [1.165, 1.54) is 6.08 Å².